The van der Waals surface area contributed by atoms with Crippen LogP contribution < -0.4 is 24.7 Å². The number of aliphatic hydroxyl groups is 1. The van der Waals surface area contributed by atoms with Crippen molar-refractivity contribution in [3.05, 3.63) is 74.6 Å². The lowest BCUT2D eigenvalue weighted by Crippen LogP contribution is -2.57. The van der Waals surface area contributed by atoms with Gasteiger partial charge in [0.1, 0.15) is 23.0 Å². The summed E-state index contributed by atoms with van der Waals surface area (Å²) < 4.78 is 12.8. The number of rotatable bonds is 9. The fourth-order valence-electron chi connectivity index (χ4n) is 5.74. The van der Waals surface area contributed by atoms with Crippen LogP contribution in [0.25, 0.3) is 16.6 Å². The lowest BCUT2D eigenvalue weighted by molar-refractivity contribution is 0.0695. The van der Waals surface area contributed by atoms with Crippen molar-refractivity contribution < 1.29 is 24.5 Å². The van der Waals surface area contributed by atoms with E-state index < -0.39 is 23.1 Å². The van der Waals surface area contributed by atoms with Crippen LogP contribution in [-0.2, 0) is 0 Å². The number of aromatic carboxylic acids is 1. The van der Waals surface area contributed by atoms with Gasteiger partial charge in [-0.1, -0.05) is 23.2 Å². The third-order valence-corrected chi connectivity index (χ3v) is 8.93. The lowest BCUT2D eigenvalue weighted by Gasteiger charge is -2.43. The highest BCUT2D eigenvalue weighted by Crippen LogP contribution is 2.36. The third kappa shape index (κ3) is 5.98. The van der Waals surface area contributed by atoms with E-state index in [2.05, 4.69) is 19.8 Å². The molecule has 2 aliphatic rings. The molecule has 0 radical (unpaired) electrons. The van der Waals surface area contributed by atoms with E-state index in [0.29, 0.717) is 40.3 Å². The summed E-state index contributed by atoms with van der Waals surface area (Å²) in [5.41, 5.74) is 0.521. The van der Waals surface area contributed by atoms with Crippen molar-refractivity contribution in [2.75, 3.05) is 57.2 Å². The topological polar surface area (TPSA) is 133 Å². The van der Waals surface area contributed by atoms with Crippen LogP contribution in [0, 0.1) is 0 Å². The number of halogens is 2. The number of anilines is 2. The number of methoxy groups -OCH3 is 1. The smallest absolute Gasteiger partial charge is 0.341 e. The van der Waals surface area contributed by atoms with Gasteiger partial charge in [-0.05, 0) is 50.8 Å². The summed E-state index contributed by atoms with van der Waals surface area (Å²) in [6, 6.07) is 10.3. The van der Waals surface area contributed by atoms with E-state index in [0.717, 1.165) is 18.9 Å². The summed E-state index contributed by atoms with van der Waals surface area (Å²) in [7, 11) is 5.59. The van der Waals surface area contributed by atoms with Gasteiger partial charge in [-0.2, -0.15) is 4.98 Å². The van der Waals surface area contributed by atoms with Gasteiger partial charge in [0.2, 0.25) is 17.2 Å². The van der Waals surface area contributed by atoms with E-state index in [-0.39, 0.29) is 35.5 Å². The Kier molecular flexibility index (Phi) is 8.49. The molecule has 2 aliphatic heterocycles. The van der Waals surface area contributed by atoms with Crippen LogP contribution in [0.4, 0.5) is 11.5 Å². The Bertz CT molecular complexity index is 1810. The number of carbonyl (C=O) groups is 1. The first-order valence-electron chi connectivity index (χ1n) is 14.3. The summed E-state index contributed by atoms with van der Waals surface area (Å²) in [5, 5.41) is 21.2. The average Bonchev–Trinajstić information content (AvgIpc) is 3.36. The molecule has 0 bridgehead atoms. The van der Waals surface area contributed by atoms with E-state index in [1.54, 1.807) is 29.0 Å². The monoisotopic (exact) mass is 654 g/mol. The zero-order valence-electron chi connectivity index (χ0n) is 24.9. The molecule has 0 amide bonds. The molecule has 5 heterocycles. The second-order valence-corrected chi connectivity index (χ2v) is 12.2. The number of nitrogens with zero attached hydrogens (tertiary/aromatic N) is 6. The molecule has 0 spiro atoms. The van der Waals surface area contributed by atoms with E-state index >= 15 is 0 Å². The molecule has 2 saturated heterocycles. The number of pyridine rings is 3. The van der Waals surface area contributed by atoms with Gasteiger partial charge in [0.05, 0.1) is 47.4 Å². The molecule has 0 unspecified atom stereocenters. The van der Waals surface area contributed by atoms with Gasteiger partial charge in [0.15, 0.2) is 0 Å². The maximum atomic E-state index is 13.3. The highest BCUT2D eigenvalue weighted by Gasteiger charge is 2.34. The molecule has 0 saturated carbocycles. The Hall–Kier alpha value is -4.10. The van der Waals surface area contributed by atoms with Crippen molar-refractivity contribution in [2.24, 2.45) is 0 Å². The van der Waals surface area contributed by atoms with Gasteiger partial charge in [-0.3, -0.25) is 4.79 Å². The maximum absolute atomic E-state index is 13.3. The Labute approximate surface area is 268 Å². The molecule has 14 heteroatoms. The van der Waals surface area contributed by atoms with Crippen molar-refractivity contribution in [2.45, 2.75) is 24.6 Å². The fourth-order valence-corrected chi connectivity index (χ4v) is 6.17. The van der Waals surface area contributed by atoms with Gasteiger partial charge in [-0.15, -0.1) is 0 Å². The van der Waals surface area contributed by atoms with Crippen molar-refractivity contribution in [1.29, 1.82) is 0 Å². The molecule has 4 aromatic rings. The second kappa shape index (κ2) is 12.4. The molecule has 2 atom stereocenters. The Morgan fingerprint density at radius 1 is 1.11 bits per heavy atom. The van der Waals surface area contributed by atoms with Crippen LogP contribution in [0.15, 0.2) is 53.6 Å². The molecular weight excluding hydrogens is 623 g/mol. The predicted octanol–water partition coefficient (Wildman–Crippen LogP) is 3.56. The van der Waals surface area contributed by atoms with Gasteiger partial charge in [0.25, 0.3) is 0 Å². The largest absolute Gasteiger partial charge is 0.481 e. The Morgan fingerprint density at radius 2 is 1.89 bits per heavy atom. The molecule has 3 aromatic heterocycles. The summed E-state index contributed by atoms with van der Waals surface area (Å²) in [5.74, 6) is 0.00639. The number of aromatic nitrogens is 3. The number of carboxylic acids is 1. The molecule has 1 aromatic carbocycles. The third-order valence-electron chi connectivity index (χ3n) is 8.34. The first kappa shape index (κ1) is 30.9. The molecule has 236 valence electrons. The van der Waals surface area contributed by atoms with Crippen LogP contribution in [0.2, 0.25) is 10.0 Å². The number of fused-ring (bicyclic) bond motifs is 1. The molecule has 2 fully saturated rings. The Balaban J connectivity index is 1.36. The van der Waals surface area contributed by atoms with Crippen molar-refractivity contribution >= 4 is 51.6 Å². The van der Waals surface area contributed by atoms with Crippen molar-refractivity contribution in [3.8, 4) is 17.4 Å². The average molecular weight is 656 g/mol. The summed E-state index contributed by atoms with van der Waals surface area (Å²) >= 11 is 13.0. The normalized spacial score (nSPS) is 18.5. The number of likely N-dealkylation sites (N-methyl/N-ethyl adjacent to an activating group) is 1. The Morgan fingerprint density at radius 3 is 2.56 bits per heavy atom. The standard InChI is InChI=1S/C31H32Cl2N6O6/c1-36(2)19-12-37(13-19)27-6-4-17(11-34-27)39-15-22(31(42)43)29(41)21-9-24(33)26(10-25(21)39)38-14-20(40)8-18(38)16-45-30-23(32)5-7-28(35-30)44-3/h4-7,9-11,15,18-20,40H,8,12-14,16H2,1-3H3,(H,42,43)/t18-,20-/m1/s1. The van der Waals surface area contributed by atoms with Crippen LogP contribution in [0.3, 0.4) is 0 Å². The molecule has 6 rings (SSSR count). The van der Waals surface area contributed by atoms with E-state index in [9.17, 15) is 19.8 Å². The summed E-state index contributed by atoms with van der Waals surface area (Å²) in [6.45, 7) is 2.11. The van der Waals surface area contributed by atoms with E-state index in [4.69, 9.17) is 32.7 Å². The highest BCUT2D eigenvalue weighted by atomic mass is 35.5. The minimum absolute atomic E-state index is 0.132. The number of aliphatic hydroxyl groups excluding tert-OH is 1. The maximum Gasteiger partial charge on any atom is 0.341 e. The van der Waals surface area contributed by atoms with Crippen molar-refractivity contribution in [1.82, 2.24) is 19.4 Å². The minimum Gasteiger partial charge on any atom is -0.481 e. The van der Waals surface area contributed by atoms with Crippen molar-refractivity contribution in [3.63, 3.8) is 0 Å². The molecule has 0 aliphatic carbocycles. The molecule has 45 heavy (non-hydrogen) atoms. The number of β-amino-alcohol motifs (C(OH)–C–C–N with tert-alkyl or cyclic N) is 1. The SMILES string of the molecule is COc1ccc(Cl)c(OC[C@H]2C[C@@H](O)CN2c2cc3c(cc2Cl)c(=O)c(C(=O)O)cn3-c2ccc(N3CC(N(C)C)C3)nc2)n1. The number of carboxylic acid groups (broad SMARTS) is 1. The number of hydrogen-bond donors (Lipinski definition) is 2. The minimum atomic E-state index is -1.35. The molecular formula is C31H32Cl2N6O6. The first-order chi connectivity index (χ1) is 21.5. The number of hydrogen-bond acceptors (Lipinski definition) is 10. The summed E-state index contributed by atoms with van der Waals surface area (Å²) in [4.78, 5) is 40.5. The van der Waals surface area contributed by atoms with E-state index in [1.165, 1.54) is 19.4 Å². The van der Waals surface area contributed by atoms with Gasteiger partial charge in [-0.25, -0.2) is 9.78 Å². The zero-order chi connectivity index (χ0) is 32.0. The van der Waals surface area contributed by atoms with Crippen LogP contribution in [-0.4, -0.2) is 101 Å². The highest BCUT2D eigenvalue weighted by molar-refractivity contribution is 6.34. The zero-order valence-corrected chi connectivity index (χ0v) is 26.4. The number of ether oxygens (including phenoxy) is 2. The summed E-state index contributed by atoms with van der Waals surface area (Å²) in [6.07, 6.45) is 2.68. The van der Waals surface area contributed by atoms with Gasteiger partial charge >= 0.3 is 5.97 Å². The lowest BCUT2D eigenvalue weighted by atomic mass is 10.1. The quantitative estimate of drug-likeness (QED) is 0.274. The fraction of sp³-hybridized carbons (Fsp3) is 0.355. The van der Waals surface area contributed by atoms with E-state index in [1.807, 2.05) is 31.1 Å². The predicted molar refractivity (Wildman–Crippen MR) is 172 cm³/mol. The molecule has 12 nitrogen and oxygen atoms in total. The first-order valence-corrected chi connectivity index (χ1v) is 15.1. The van der Waals surface area contributed by atoms with Crippen LogP contribution in [0.5, 0.6) is 11.8 Å². The molecule has 2 N–H and O–H groups in total. The second-order valence-electron chi connectivity index (χ2n) is 11.4. The van der Waals surface area contributed by atoms with Gasteiger partial charge < -0.3 is 39.0 Å². The number of benzene rings is 1. The van der Waals surface area contributed by atoms with Crippen LogP contribution in [0.1, 0.15) is 16.8 Å². The van der Waals surface area contributed by atoms with Gasteiger partial charge in [0, 0.05) is 43.3 Å². The van der Waals surface area contributed by atoms with Crippen LogP contribution >= 0.6 is 23.2 Å².